The van der Waals surface area contributed by atoms with Gasteiger partial charge < -0.3 is 15.5 Å². The summed E-state index contributed by atoms with van der Waals surface area (Å²) in [6.45, 7) is 0.263. The van der Waals surface area contributed by atoms with Gasteiger partial charge in [-0.15, -0.1) is 11.3 Å². The van der Waals surface area contributed by atoms with Crippen molar-refractivity contribution in [2.45, 2.75) is 0 Å². The largest absolute Gasteiger partial charge is 0.323 e. The second-order valence-electron chi connectivity index (χ2n) is 4.88. The summed E-state index contributed by atoms with van der Waals surface area (Å²) in [6.07, 6.45) is 0. The fourth-order valence-corrected chi connectivity index (χ4v) is 2.85. The Bertz CT molecular complexity index is 685. The summed E-state index contributed by atoms with van der Waals surface area (Å²) in [7, 11) is 3.62. The van der Waals surface area contributed by atoms with Crippen molar-refractivity contribution in [3.63, 3.8) is 0 Å². The van der Waals surface area contributed by atoms with Gasteiger partial charge in [0.25, 0.3) is 5.91 Å². The van der Waals surface area contributed by atoms with Crippen molar-refractivity contribution in [3.05, 3.63) is 45.6 Å². The number of hydrogen-bond donors (Lipinski definition) is 2. The van der Waals surface area contributed by atoms with Crippen LogP contribution < -0.4 is 10.6 Å². The summed E-state index contributed by atoms with van der Waals surface area (Å²) in [4.78, 5) is 26.3. The van der Waals surface area contributed by atoms with Gasteiger partial charge in [-0.2, -0.15) is 0 Å². The first kappa shape index (κ1) is 16.5. The van der Waals surface area contributed by atoms with E-state index in [4.69, 9.17) is 11.6 Å². The molecule has 1 aromatic heterocycles. The van der Waals surface area contributed by atoms with Gasteiger partial charge in [0.2, 0.25) is 5.91 Å². The highest BCUT2D eigenvalue weighted by Gasteiger charge is 2.14. The number of halogens is 1. The van der Waals surface area contributed by atoms with Gasteiger partial charge in [0.05, 0.1) is 22.9 Å². The molecule has 5 nitrogen and oxygen atoms in total. The molecule has 0 radical (unpaired) electrons. The maximum Gasteiger partial charge on any atom is 0.267 e. The van der Waals surface area contributed by atoms with Gasteiger partial charge in [-0.3, -0.25) is 9.59 Å². The number of amides is 2. The highest BCUT2D eigenvalue weighted by Crippen LogP contribution is 2.26. The third-order valence-electron chi connectivity index (χ3n) is 2.73. The van der Waals surface area contributed by atoms with Crippen molar-refractivity contribution < 1.29 is 9.59 Å². The molecule has 2 amide bonds. The van der Waals surface area contributed by atoms with Crippen LogP contribution in [0.15, 0.2) is 35.7 Å². The first-order valence-electron chi connectivity index (χ1n) is 6.55. The van der Waals surface area contributed by atoms with Crippen LogP contribution in [-0.2, 0) is 4.79 Å². The minimum absolute atomic E-state index is 0.152. The molecule has 7 heteroatoms. The number of rotatable bonds is 5. The molecular formula is C15H16ClN3O2S. The van der Waals surface area contributed by atoms with Crippen LogP contribution in [0.4, 0.5) is 11.4 Å². The monoisotopic (exact) mass is 337 g/mol. The standard InChI is InChI=1S/C15H16ClN3O2S/c1-19(2)9-13(20)17-11-5-3-4-6-12(11)18-15(21)14-10(16)7-8-22-14/h3-8H,9H2,1-2H3,(H,17,20)(H,18,21). The molecule has 0 spiro atoms. The van der Waals surface area contributed by atoms with Crippen molar-refractivity contribution in [1.82, 2.24) is 4.90 Å². The first-order chi connectivity index (χ1) is 10.5. The van der Waals surface area contributed by atoms with Crippen LogP contribution in [0.3, 0.4) is 0 Å². The maximum absolute atomic E-state index is 12.2. The molecule has 1 heterocycles. The van der Waals surface area contributed by atoms with E-state index < -0.39 is 0 Å². The number of carbonyl (C=O) groups is 2. The number of likely N-dealkylation sites (N-methyl/N-ethyl adjacent to an activating group) is 1. The van der Waals surface area contributed by atoms with Crippen LogP contribution >= 0.6 is 22.9 Å². The van der Waals surface area contributed by atoms with Crippen LogP contribution in [-0.4, -0.2) is 37.4 Å². The Kier molecular flexibility index (Phi) is 5.54. The third kappa shape index (κ3) is 4.30. The lowest BCUT2D eigenvalue weighted by atomic mass is 10.2. The molecule has 0 bridgehead atoms. The molecule has 2 aromatic rings. The highest BCUT2D eigenvalue weighted by atomic mass is 35.5. The lowest BCUT2D eigenvalue weighted by Gasteiger charge is -2.14. The van der Waals surface area contributed by atoms with Gasteiger partial charge in [0, 0.05) is 0 Å². The smallest absolute Gasteiger partial charge is 0.267 e. The molecule has 0 saturated heterocycles. The minimum Gasteiger partial charge on any atom is -0.323 e. The molecule has 0 aliphatic heterocycles. The number of para-hydroxylation sites is 2. The van der Waals surface area contributed by atoms with E-state index in [1.54, 1.807) is 40.6 Å². The van der Waals surface area contributed by atoms with Gasteiger partial charge >= 0.3 is 0 Å². The second-order valence-corrected chi connectivity index (χ2v) is 6.21. The number of nitrogens with one attached hydrogen (secondary N) is 2. The van der Waals surface area contributed by atoms with E-state index in [0.717, 1.165) is 0 Å². The Morgan fingerprint density at radius 2 is 1.77 bits per heavy atom. The molecule has 0 fully saturated rings. The Balaban J connectivity index is 2.13. The van der Waals surface area contributed by atoms with Crippen molar-refractivity contribution in [2.75, 3.05) is 31.3 Å². The molecule has 22 heavy (non-hydrogen) atoms. The van der Waals surface area contributed by atoms with E-state index in [-0.39, 0.29) is 18.4 Å². The van der Waals surface area contributed by atoms with E-state index in [1.165, 1.54) is 11.3 Å². The molecular weight excluding hydrogens is 322 g/mol. The predicted molar refractivity (Wildman–Crippen MR) is 90.9 cm³/mol. The molecule has 2 N–H and O–H groups in total. The topological polar surface area (TPSA) is 61.4 Å². The zero-order valence-corrected chi connectivity index (χ0v) is 13.8. The average Bonchev–Trinajstić information content (AvgIpc) is 2.86. The van der Waals surface area contributed by atoms with E-state index in [9.17, 15) is 9.59 Å². The predicted octanol–water partition coefficient (Wildman–Crippen LogP) is 3.15. The zero-order chi connectivity index (χ0) is 16.1. The summed E-state index contributed by atoms with van der Waals surface area (Å²) in [5, 5.41) is 7.72. The summed E-state index contributed by atoms with van der Waals surface area (Å²) in [5.74, 6) is -0.449. The van der Waals surface area contributed by atoms with Gasteiger partial charge in [-0.05, 0) is 37.7 Å². The molecule has 116 valence electrons. The Morgan fingerprint density at radius 3 is 2.32 bits per heavy atom. The van der Waals surface area contributed by atoms with Crippen LogP contribution in [0.25, 0.3) is 0 Å². The minimum atomic E-state index is -0.297. The number of anilines is 2. The molecule has 2 rings (SSSR count). The number of thiophene rings is 1. The van der Waals surface area contributed by atoms with E-state index in [0.29, 0.717) is 21.3 Å². The van der Waals surface area contributed by atoms with Crippen molar-refractivity contribution in [1.29, 1.82) is 0 Å². The van der Waals surface area contributed by atoms with Crippen LogP contribution in [0.1, 0.15) is 9.67 Å². The first-order valence-corrected chi connectivity index (χ1v) is 7.81. The third-order valence-corrected chi connectivity index (χ3v) is 4.07. The van der Waals surface area contributed by atoms with Crippen molar-refractivity contribution in [3.8, 4) is 0 Å². The average molecular weight is 338 g/mol. The number of nitrogens with zero attached hydrogens (tertiary/aromatic N) is 1. The molecule has 0 aliphatic rings. The van der Waals surface area contributed by atoms with Crippen LogP contribution in [0.5, 0.6) is 0 Å². The Labute approximate surface area is 137 Å². The highest BCUT2D eigenvalue weighted by molar-refractivity contribution is 7.12. The van der Waals surface area contributed by atoms with Crippen LogP contribution in [0.2, 0.25) is 5.02 Å². The molecule has 1 aromatic carbocycles. The van der Waals surface area contributed by atoms with E-state index in [1.807, 2.05) is 14.1 Å². The number of hydrogen-bond acceptors (Lipinski definition) is 4. The van der Waals surface area contributed by atoms with Crippen molar-refractivity contribution >= 4 is 46.1 Å². The summed E-state index contributed by atoms with van der Waals surface area (Å²) in [6, 6.07) is 8.71. The normalized spacial score (nSPS) is 10.5. The Hall–Kier alpha value is -1.89. The van der Waals surface area contributed by atoms with Gasteiger partial charge in [-0.25, -0.2) is 0 Å². The number of benzene rings is 1. The molecule has 0 unspecified atom stereocenters. The van der Waals surface area contributed by atoms with E-state index in [2.05, 4.69) is 10.6 Å². The zero-order valence-electron chi connectivity index (χ0n) is 12.2. The second kappa shape index (κ2) is 7.40. The van der Waals surface area contributed by atoms with Gasteiger partial charge in [0.1, 0.15) is 4.88 Å². The van der Waals surface area contributed by atoms with E-state index >= 15 is 0 Å². The fraction of sp³-hybridized carbons (Fsp3) is 0.200. The van der Waals surface area contributed by atoms with Gasteiger partial charge in [0.15, 0.2) is 0 Å². The number of carbonyl (C=O) groups excluding carboxylic acids is 2. The SMILES string of the molecule is CN(C)CC(=O)Nc1ccccc1NC(=O)c1sccc1Cl. The summed E-state index contributed by atoms with van der Waals surface area (Å²) >= 11 is 7.22. The van der Waals surface area contributed by atoms with Crippen molar-refractivity contribution in [2.24, 2.45) is 0 Å². The quantitative estimate of drug-likeness (QED) is 0.881. The summed E-state index contributed by atoms with van der Waals surface area (Å²) < 4.78 is 0. The lowest BCUT2D eigenvalue weighted by molar-refractivity contribution is -0.116. The van der Waals surface area contributed by atoms with Gasteiger partial charge in [-0.1, -0.05) is 23.7 Å². The lowest BCUT2D eigenvalue weighted by Crippen LogP contribution is -2.27. The summed E-state index contributed by atoms with van der Waals surface area (Å²) in [5.41, 5.74) is 1.08. The van der Waals surface area contributed by atoms with Crippen LogP contribution in [0, 0.1) is 0 Å². The maximum atomic E-state index is 12.2. The molecule has 0 aliphatic carbocycles. The fourth-order valence-electron chi connectivity index (χ4n) is 1.81. The molecule has 0 atom stereocenters. The Morgan fingerprint density at radius 1 is 1.14 bits per heavy atom. The molecule has 0 saturated carbocycles.